The van der Waals surface area contributed by atoms with Crippen molar-refractivity contribution in [2.24, 2.45) is 11.8 Å². The molecule has 2 aromatic carbocycles. The maximum Gasteiger partial charge on any atom is 0.0705 e. The van der Waals surface area contributed by atoms with Crippen molar-refractivity contribution < 1.29 is 0 Å². The van der Waals surface area contributed by atoms with E-state index in [1.807, 2.05) is 0 Å². The van der Waals surface area contributed by atoms with Crippen molar-refractivity contribution in [1.29, 1.82) is 0 Å². The Morgan fingerprint density at radius 1 is 0.815 bits per heavy atom. The van der Waals surface area contributed by atoms with Gasteiger partial charge in [0.2, 0.25) is 0 Å². The first kappa shape index (κ1) is 18.0. The zero-order valence-electron chi connectivity index (χ0n) is 16.4. The lowest BCUT2D eigenvalue weighted by Crippen LogP contribution is -2.18. The van der Waals surface area contributed by atoms with Gasteiger partial charge in [-0.2, -0.15) is 0 Å². The third-order valence-corrected chi connectivity index (χ3v) is 6.35. The topological polar surface area (TPSA) is 12.9 Å². The van der Waals surface area contributed by atoms with Crippen LogP contribution in [0.3, 0.4) is 0 Å². The fourth-order valence-electron chi connectivity index (χ4n) is 4.51. The molecule has 1 nitrogen and oxygen atoms in total. The normalized spacial score (nSPS) is 21.0. The molecule has 1 heteroatoms. The summed E-state index contributed by atoms with van der Waals surface area (Å²) in [5.74, 6) is 2.22. The molecule has 0 amide bonds. The highest BCUT2D eigenvalue weighted by atomic mass is 14.7. The lowest BCUT2D eigenvalue weighted by atomic mass is 9.73. The van der Waals surface area contributed by atoms with Crippen LogP contribution < -0.4 is 0 Å². The summed E-state index contributed by atoms with van der Waals surface area (Å²) in [6, 6.07) is 23.6. The van der Waals surface area contributed by atoms with Gasteiger partial charge in [0.25, 0.3) is 0 Å². The molecular formula is C26H29N. The van der Waals surface area contributed by atoms with Gasteiger partial charge < -0.3 is 0 Å². The zero-order chi connectivity index (χ0) is 18.6. The molecule has 1 aliphatic rings. The molecule has 0 bridgehead atoms. The van der Waals surface area contributed by atoms with Crippen molar-refractivity contribution in [3.05, 3.63) is 78.5 Å². The van der Waals surface area contributed by atoms with Crippen LogP contribution in [0, 0.1) is 11.8 Å². The molecule has 138 valence electrons. The minimum atomic E-state index is 0.554. The SMILES string of the molecule is CC1CCC(C(C)c2cc(-c3ccccc3)ncc2-c2ccccc2)CC1. The van der Waals surface area contributed by atoms with Gasteiger partial charge in [0.05, 0.1) is 5.69 Å². The molecule has 1 heterocycles. The van der Waals surface area contributed by atoms with E-state index in [4.69, 9.17) is 4.98 Å². The highest BCUT2D eigenvalue weighted by Gasteiger charge is 2.26. The van der Waals surface area contributed by atoms with Gasteiger partial charge >= 0.3 is 0 Å². The molecule has 0 spiro atoms. The van der Waals surface area contributed by atoms with Crippen molar-refractivity contribution in [2.45, 2.75) is 45.4 Å². The van der Waals surface area contributed by atoms with E-state index in [1.165, 1.54) is 47.9 Å². The molecular weight excluding hydrogens is 326 g/mol. The number of hydrogen-bond donors (Lipinski definition) is 0. The second kappa shape index (κ2) is 8.08. The van der Waals surface area contributed by atoms with Gasteiger partial charge in [0.1, 0.15) is 0 Å². The number of benzene rings is 2. The van der Waals surface area contributed by atoms with Crippen LogP contribution >= 0.6 is 0 Å². The van der Waals surface area contributed by atoms with Crippen LogP contribution in [0.4, 0.5) is 0 Å². The molecule has 1 aliphatic carbocycles. The minimum Gasteiger partial charge on any atom is -0.256 e. The summed E-state index contributed by atoms with van der Waals surface area (Å²) in [5, 5.41) is 0. The Bertz CT molecular complexity index is 861. The fourth-order valence-corrected chi connectivity index (χ4v) is 4.51. The zero-order valence-corrected chi connectivity index (χ0v) is 16.4. The summed E-state index contributed by atoms with van der Waals surface area (Å²) in [7, 11) is 0. The van der Waals surface area contributed by atoms with Crippen LogP contribution in [0.1, 0.15) is 51.0 Å². The van der Waals surface area contributed by atoms with Crippen LogP contribution in [0.5, 0.6) is 0 Å². The predicted octanol–water partition coefficient (Wildman–Crippen LogP) is 7.35. The Labute approximate surface area is 163 Å². The molecule has 1 unspecified atom stereocenters. The van der Waals surface area contributed by atoms with Crippen molar-refractivity contribution in [1.82, 2.24) is 4.98 Å². The van der Waals surface area contributed by atoms with E-state index >= 15 is 0 Å². The number of rotatable bonds is 4. The maximum absolute atomic E-state index is 4.83. The molecule has 1 atom stereocenters. The molecule has 0 radical (unpaired) electrons. The fraction of sp³-hybridized carbons (Fsp3) is 0.346. The molecule has 0 aliphatic heterocycles. The molecule has 1 saturated carbocycles. The Hall–Kier alpha value is -2.41. The van der Waals surface area contributed by atoms with Gasteiger partial charge in [-0.05, 0) is 47.8 Å². The van der Waals surface area contributed by atoms with Crippen molar-refractivity contribution >= 4 is 0 Å². The standard InChI is InChI=1S/C26H29N/c1-19-13-15-21(16-14-19)20(2)24-17-26(23-11-7-4-8-12-23)27-18-25(24)22-9-5-3-6-10-22/h3-12,17-21H,13-16H2,1-2H3. The summed E-state index contributed by atoms with van der Waals surface area (Å²) in [6.45, 7) is 4.83. The molecule has 1 aromatic heterocycles. The Balaban J connectivity index is 1.75. The van der Waals surface area contributed by atoms with E-state index in [1.54, 1.807) is 0 Å². The highest BCUT2D eigenvalue weighted by molar-refractivity contribution is 5.71. The third-order valence-electron chi connectivity index (χ3n) is 6.35. The highest BCUT2D eigenvalue weighted by Crippen LogP contribution is 2.41. The van der Waals surface area contributed by atoms with Gasteiger partial charge in [0.15, 0.2) is 0 Å². The maximum atomic E-state index is 4.83. The predicted molar refractivity (Wildman–Crippen MR) is 115 cm³/mol. The van der Waals surface area contributed by atoms with E-state index in [0.29, 0.717) is 5.92 Å². The number of hydrogen-bond acceptors (Lipinski definition) is 1. The minimum absolute atomic E-state index is 0.554. The summed E-state index contributed by atoms with van der Waals surface area (Å²) < 4.78 is 0. The monoisotopic (exact) mass is 355 g/mol. The first-order valence-electron chi connectivity index (χ1n) is 10.3. The van der Waals surface area contributed by atoms with Crippen LogP contribution in [-0.2, 0) is 0 Å². The first-order valence-corrected chi connectivity index (χ1v) is 10.3. The van der Waals surface area contributed by atoms with E-state index in [0.717, 1.165) is 17.5 Å². The second-order valence-electron chi connectivity index (χ2n) is 8.20. The van der Waals surface area contributed by atoms with Crippen molar-refractivity contribution in [3.8, 4) is 22.4 Å². The van der Waals surface area contributed by atoms with Gasteiger partial charge in [-0.15, -0.1) is 0 Å². The van der Waals surface area contributed by atoms with E-state index in [2.05, 4.69) is 86.8 Å². The van der Waals surface area contributed by atoms with Crippen LogP contribution in [0.2, 0.25) is 0 Å². The van der Waals surface area contributed by atoms with Crippen molar-refractivity contribution in [3.63, 3.8) is 0 Å². The average Bonchev–Trinajstić information content (AvgIpc) is 2.74. The quantitative estimate of drug-likeness (QED) is 0.477. The van der Waals surface area contributed by atoms with Crippen LogP contribution in [0.25, 0.3) is 22.4 Å². The molecule has 27 heavy (non-hydrogen) atoms. The van der Waals surface area contributed by atoms with Gasteiger partial charge in [-0.1, -0.05) is 87.4 Å². The van der Waals surface area contributed by atoms with Gasteiger partial charge in [-0.25, -0.2) is 0 Å². The summed E-state index contributed by atoms with van der Waals surface area (Å²) in [6.07, 6.45) is 7.52. The summed E-state index contributed by atoms with van der Waals surface area (Å²) in [4.78, 5) is 4.83. The number of aromatic nitrogens is 1. The molecule has 1 fully saturated rings. The lowest BCUT2D eigenvalue weighted by molar-refractivity contribution is 0.261. The van der Waals surface area contributed by atoms with Crippen molar-refractivity contribution in [2.75, 3.05) is 0 Å². The molecule has 3 aromatic rings. The second-order valence-corrected chi connectivity index (χ2v) is 8.20. The summed E-state index contributed by atoms with van der Waals surface area (Å²) >= 11 is 0. The Morgan fingerprint density at radius 2 is 1.41 bits per heavy atom. The average molecular weight is 356 g/mol. The van der Waals surface area contributed by atoms with E-state index in [9.17, 15) is 0 Å². The Kier molecular flexibility index (Phi) is 5.38. The Morgan fingerprint density at radius 3 is 2.04 bits per heavy atom. The molecule has 0 saturated heterocycles. The lowest BCUT2D eigenvalue weighted by Gasteiger charge is -2.32. The van der Waals surface area contributed by atoms with E-state index in [-0.39, 0.29) is 0 Å². The molecule has 4 rings (SSSR count). The summed E-state index contributed by atoms with van der Waals surface area (Å²) in [5.41, 5.74) is 6.30. The van der Waals surface area contributed by atoms with Crippen LogP contribution in [0.15, 0.2) is 72.9 Å². The largest absolute Gasteiger partial charge is 0.256 e. The third kappa shape index (κ3) is 3.98. The number of nitrogens with zero attached hydrogens (tertiary/aromatic N) is 1. The molecule has 0 N–H and O–H groups in total. The smallest absolute Gasteiger partial charge is 0.0705 e. The number of pyridine rings is 1. The first-order chi connectivity index (χ1) is 13.2. The van der Waals surface area contributed by atoms with Gasteiger partial charge in [-0.3, -0.25) is 4.98 Å². The van der Waals surface area contributed by atoms with Crippen LogP contribution in [-0.4, -0.2) is 4.98 Å². The van der Waals surface area contributed by atoms with Gasteiger partial charge in [0, 0.05) is 17.3 Å². The van der Waals surface area contributed by atoms with E-state index < -0.39 is 0 Å².